The van der Waals surface area contributed by atoms with Crippen molar-refractivity contribution < 1.29 is 78.5 Å². The van der Waals surface area contributed by atoms with Crippen LogP contribution in [0.5, 0.6) is 0 Å². The molecule has 5 rings (SSSR count). The first-order valence-corrected chi connectivity index (χ1v) is 26.7. The van der Waals surface area contributed by atoms with Gasteiger partial charge in [-0.05, 0) is 64.0 Å². The summed E-state index contributed by atoms with van der Waals surface area (Å²) in [5.74, 6) is -4.88. The zero-order valence-corrected chi connectivity index (χ0v) is 42.8. The van der Waals surface area contributed by atoms with Crippen molar-refractivity contribution in [1.82, 2.24) is 30.6 Å². The summed E-state index contributed by atoms with van der Waals surface area (Å²) in [6.07, 6.45) is 0.531. The van der Waals surface area contributed by atoms with Gasteiger partial charge in [0.2, 0.25) is 11.8 Å². The maximum Gasteiger partial charge on any atom is 2.00 e. The molecule has 3 aromatic rings. The van der Waals surface area contributed by atoms with Gasteiger partial charge in [0.15, 0.2) is 0 Å². The molecule has 2 aliphatic heterocycles. The van der Waals surface area contributed by atoms with Gasteiger partial charge in [0.25, 0.3) is 0 Å². The Kier molecular flexibility index (Phi) is 19.4. The summed E-state index contributed by atoms with van der Waals surface area (Å²) in [6, 6.07) is 5.47. The smallest absolute Gasteiger partial charge is 0.748 e. The van der Waals surface area contributed by atoms with Crippen molar-refractivity contribution in [2.24, 2.45) is 4.99 Å². The molecule has 20 nitrogen and oxygen atoms in total. The van der Waals surface area contributed by atoms with Crippen LogP contribution in [0.3, 0.4) is 0 Å². The molecule has 2 amide bonds. The fraction of sp³-hybridized carbons (Fsp3) is 0.545. The van der Waals surface area contributed by atoms with E-state index < -0.39 is 83.8 Å². The second-order valence-corrected chi connectivity index (χ2v) is 21.5. The van der Waals surface area contributed by atoms with Crippen LogP contribution >= 0.6 is 0 Å². The predicted molar refractivity (Wildman–Crippen MR) is 246 cm³/mol. The Balaban J connectivity index is 0.0000101. The van der Waals surface area contributed by atoms with Gasteiger partial charge in [-0.2, -0.15) is 0 Å². The van der Waals surface area contributed by atoms with Crippen LogP contribution in [0.15, 0.2) is 23.2 Å². The molecule has 5 heterocycles. The molecular weight excluding hydrogens is 1040 g/mol. The van der Waals surface area contributed by atoms with Crippen LogP contribution in [0.1, 0.15) is 152 Å². The standard InChI is InChI=1S/C44H61N7O13S3.Pd/c1-8-30-24(2)33-22-38-40(28(6)45-14-9-17-65(55,56)57)26(4)35(49-38)20-34-25(3)31(12-13-39(53)46-15-10-18-66(58,59)60)42(50-34)32(23-64-29(7)52)43-41(27(5)36(51-43)21-37(30)48-33)44(54)47-16-11-19-67(61,62)63;/h20-22,24-25,30-31H,8-19,23H2,1-7H3,(H7,45,46,47,48,49,50,51,53,54,55,56,57,58,59,60,61,62,63);/q;+2/p-5/t24-,25+,30-,31+;/m1./s1. The molecule has 0 saturated carbocycles. The van der Waals surface area contributed by atoms with E-state index in [0.717, 1.165) is 0 Å². The van der Waals surface area contributed by atoms with Gasteiger partial charge < -0.3 is 39.0 Å². The second kappa shape index (κ2) is 23.5. The fourth-order valence-electron chi connectivity index (χ4n) is 8.58. The van der Waals surface area contributed by atoms with Crippen LogP contribution in [0.2, 0.25) is 0 Å². The van der Waals surface area contributed by atoms with E-state index in [1.54, 1.807) is 26.0 Å². The molecule has 0 spiro atoms. The molecule has 0 fully saturated rings. The molecule has 4 atom stereocenters. The Morgan fingerprint density at radius 1 is 0.735 bits per heavy atom. The molecular formula is C44H56N7O13PdS3-3. The first-order valence-electron chi connectivity index (χ1n) is 21.9. The molecule has 3 aromatic heterocycles. The van der Waals surface area contributed by atoms with Gasteiger partial charge in [-0.15, -0.1) is 22.1 Å². The number of hydrogen-bond acceptors (Lipinski definition) is 16. The molecule has 0 aliphatic carbocycles. The quantitative estimate of drug-likeness (QED) is 0.0536. The molecule has 0 saturated heterocycles. The molecule has 376 valence electrons. The van der Waals surface area contributed by atoms with E-state index in [1.165, 1.54) is 6.92 Å². The van der Waals surface area contributed by atoms with Crippen molar-refractivity contribution in [2.45, 2.75) is 117 Å². The average molecular weight is 1090 g/mol. The number of nitrogens with one attached hydrogen (secondary N) is 2. The summed E-state index contributed by atoms with van der Waals surface area (Å²) in [5.41, 5.74) is 6.47. The molecule has 68 heavy (non-hydrogen) atoms. The van der Waals surface area contributed by atoms with E-state index >= 15 is 0 Å². The van der Waals surface area contributed by atoms with Crippen LogP contribution in [0, 0.1) is 13.8 Å². The fourth-order valence-corrected chi connectivity index (χ4v) is 10.1. The SMILES string of the molecule is CC[C@H]1c2cc3[n-]c(c(COC(C)=O)c4nc(cc5[n-]c(cc(n2)[C@@H]1C)c(C(C)=NCCCS(=O)(=O)[O-])c5C)[C@@H](C)[C@@H]4CCC(=O)NCCCS(=O)(=O)[O-])c(C(=O)NCCCS(=O)(=O)[O-])c3C.[Pd+2]. The number of fused-ring (bicyclic) bond motifs is 8. The van der Waals surface area contributed by atoms with Gasteiger partial charge in [-0.3, -0.25) is 29.3 Å². The number of carbonyl (C=O) groups is 3. The zero-order valence-electron chi connectivity index (χ0n) is 38.8. The Morgan fingerprint density at radius 2 is 1.26 bits per heavy atom. The molecule has 2 aliphatic rings. The maximum atomic E-state index is 14.3. The van der Waals surface area contributed by atoms with Crippen molar-refractivity contribution in [3.8, 4) is 0 Å². The summed E-state index contributed by atoms with van der Waals surface area (Å²) < 4.78 is 107. The number of aliphatic imine (C=N–C) groups is 1. The third kappa shape index (κ3) is 14.8. The number of aromatic nitrogens is 4. The van der Waals surface area contributed by atoms with Crippen LogP contribution in [0.4, 0.5) is 0 Å². The molecule has 0 radical (unpaired) electrons. The van der Waals surface area contributed by atoms with Crippen molar-refractivity contribution in [2.75, 3.05) is 36.9 Å². The van der Waals surface area contributed by atoms with Crippen molar-refractivity contribution in [3.63, 3.8) is 0 Å². The number of aryl methyl sites for hydroxylation is 2. The minimum Gasteiger partial charge on any atom is -0.748 e. The molecule has 0 unspecified atom stereocenters. The first-order chi connectivity index (χ1) is 31.3. The monoisotopic (exact) mass is 1090 g/mol. The molecule has 2 N–H and O–H groups in total. The van der Waals surface area contributed by atoms with Gasteiger partial charge in [-0.25, -0.2) is 25.3 Å². The first kappa shape index (κ1) is 56.2. The number of ether oxygens (including phenoxy) is 1. The van der Waals surface area contributed by atoms with E-state index in [0.29, 0.717) is 68.1 Å². The van der Waals surface area contributed by atoms with E-state index in [9.17, 15) is 53.3 Å². The Hall–Kier alpha value is -4.41. The summed E-state index contributed by atoms with van der Waals surface area (Å²) in [6.45, 7) is 11.9. The van der Waals surface area contributed by atoms with Crippen molar-refractivity contribution in [1.29, 1.82) is 0 Å². The Morgan fingerprint density at radius 3 is 1.87 bits per heavy atom. The van der Waals surface area contributed by atoms with E-state index in [4.69, 9.17) is 24.7 Å². The predicted octanol–water partition coefficient (Wildman–Crippen LogP) is 3.68. The van der Waals surface area contributed by atoms with Crippen molar-refractivity contribution >= 4 is 75.9 Å². The van der Waals surface area contributed by atoms with Gasteiger partial charge >= 0.3 is 26.4 Å². The Labute approximate surface area is 410 Å². The second-order valence-electron chi connectivity index (χ2n) is 17.0. The summed E-state index contributed by atoms with van der Waals surface area (Å²) >= 11 is 0. The normalized spacial score (nSPS) is 17.6. The molecule has 0 aromatic carbocycles. The number of nitrogens with zero attached hydrogens (tertiary/aromatic N) is 5. The number of amides is 2. The van der Waals surface area contributed by atoms with Crippen LogP contribution in [0.25, 0.3) is 22.1 Å². The molecule has 8 bridgehead atoms. The van der Waals surface area contributed by atoms with Crippen LogP contribution in [-0.4, -0.2) is 109 Å². The van der Waals surface area contributed by atoms with E-state index in [-0.39, 0.29) is 101 Å². The number of carbonyl (C=O) groups excluding carboxylic acids is 3. The van der Waals surface area contributed by atoms with Crippen LogP contribution in [-0.2, 0) is 71.7 Å². The average Bonchev–Trinajstić information content (AvgIpc) is 3.91. The summed E-state index contributed by atoms with van der Waals surface area (Å²) in [5, 5.41) is 5.36. The minimum atomic E-state index is -4.56. The summed E-state index contributed by atoms with van der Waals surface area (Å²) in [7, 11) is -13.5. The largest absolute Gasteiger partial charge is 2.00 e. The summed E-state index contributed by atoms with van der Waals surface area (Å²) in [4.78, 5) is 64.9. The van der Waals surface area contributed by atoms with Gasteiger partial charge in [-0.1, -0.05) is 50.1 Å². The topological polar surface area (TPSA) is 322 Å². The third-order valence-electron chi connectivity index (χ3n) is 12.1. The zero-order chi connectivity index (χ0) is 49.6. The number of hydrogen-bond donors (Lipinski definition) is 2. The Bertz CT molecular complexity index is 2940. The number of rotatable bonds is 20. The minimum absolute atomic E-state index is 0. The van der Waals surface area contributed by atoms with E-state index in [2.05, 4.69) is 15.6 Å². The molecule has 24 heteroatoms. The van der Waals surface area contributed by atoms with Crippen LogP contribution < -0.4 is 20.6 Å². The van der Waals surface area contributed by atoms with Gasteiger partial charge in [0.05, 0.1) is 30.4 Å². The maximum absolute atomic E-state index is 14.3. The van der Waals surface area contributed by atoms with Gasteiger partial charge in [0, 0.05) is 108 Å². The third-order valence-corrected chi connectivity index (χ3v) is 14.5. The van der Waals surface area contributed by atoms with E-state index in [1.807, 2.05) is 33.8 Å². The number of esters is 1. The van der Waals surface area contributed by atoms with Crippen molar-refractivity contribution in [3.05, 3.63) is 68.8 Å². The van der Waals surface area contributed by atoms with Gasteiger partial charge in [0.1, 0.15) is 6.61 Å².